The molecule has 17 heavy (non-hydrogen) atoms. The number of Topliss-reactive ketones (excluding diaryl/α,β-unsaturated/α-hetero) is 1. The van der Waals surface area contributed by atoms with E-state index in [1.54, 1.807) is 39.3 Å². The molecule has 0 fully saturated rings. The summed E-state index contributed by atoms with van der Waals surface area (Å²) in [5, 5.41) is 3.60. The van der Waals surface area contributed by atoms with E-state index in [0.717, 1.165) is 0 Å². The molecule has 4 nitrogen and oxygen atoms in total. The fraction of sp³-hybridized carbons (Fsp3) is 0.500. The molecule has 1 heterocycles. The number of rotatable bonds is 3. The normalized spacial score (nSPS) is 11.1. The summed E-state index contributed by atoms with van der Waals surface area (Å²) in [5.74, 6) is -0.0837. The van der Waals surface area contributed by atoms with Crippen LogP contribution in [0.2, 0.25) is 0 Å². The minimum Gasteiger partial charge on any atom is -0.444 e. The topological polar surface area (TPSA) is 46.6 Å². The highest BCUT2D eigenvalue weighted by atomic mass is 32.1. The monoisotopic (exact) mass is 255 g/mol. The molecule has 1 aromatic heterocycles. The Morgan fingerprint density at radius 1 is 1.41 bits per heavy atom. The summed E-state index contributed by atoms with van der Waals surface area (Å²) in [6.07, 6.45) is -0.485. The van der Waals surface area contributed by atoms with Gasteiger partial charge in [-0.25, -0.2) is 4.79 Å². The number of likely N-dealkylation sites (N-methyl/N-ethyl adjacent to an activating group) is 1. The zero-order chi connectivity index (χ0) is 13.1. The molecule has 0 N–H and O–H groups in total. The Bertz CT molecular complexity index is 392. The minimum atomic E-state index is -0.545. The number of thiophene rings is 1. The lowest BCUT2D eigenvalue weighted by Gasteiger charge is -2.24. The van der Waals surface area contributed by atoms with E-state index in [4.69, 9.17) is 4.74 Å². The maximum Gasteiger partial charge on any atom is 0.410 e. The van der Waals surface area contributed by atoms with Crippen molar-refractivity contribution in [1.29, 1.82) is 0 Å². The van der Waals surface area contributed by atoms with Crippen LogP contribution >= 0.6 is 11.3 Å². The van der Waals surface area contributed by atoms with Gasteiger partial charge in [-0.05, 0) is 32.2 Å². The van der Waals surface area contributed by atoms with Gasteiger partial charge in [0.25, 0.3) is 0 Å². The highest BCUT2D eigenvalue weighted by molar-refractivity contribution is 7.08. The minimum absolute atomic E-state index is 0.0334. The lowest BCUT2D eigenvalue weighted by Crippen LogP contribution is -2.37. The number of nitrogens with zero attached hydrogens (tertiary/aromatic N) is 1. The highest BCUT2D eigenvalue weighted by Gasteiger charge is 2.21. The molecule has 0 bridgehead atoms. The van der Waals surface area contributed by atoms with Gasteiger partial charge in [0.2, 0.25) is 0 Å². The van der Waals surface area contributed by atoms with Crippen LogP contribution in [0.1, 0.15) is 31.1 Å². The molecular weight excluding hydrogens is 238 g/mol. The van der Waals surface area contributed by atoms with Gasteiger partial charge in [0, 0.05) is 18.0 Å². The summed E-state index contributed by atoms with van der Waals surface area (Å²) in [7, 11) is 1.55. The third kappa shape index (κ3) is 4.56. The van der Waals surface area contributed by atoms with E-state index >= 15 is 0 Å². The number of ether oxygens (including phenoxy) is 1. The Hall–Kier alpha value is -1.36. The number of hydrogen-bond acceptors (Lipinski definition) is 4. The van der Waals surface area contributed by atoms with Crippen LogP contribution in [0.5, 0.6) is 0 Å². The molecule has 0 spiro atoms. The molecule has 0 atom stereocenters. The third-order valence-corrected chi connectivity index (χ3v) is 2.61. The van der Waals surface area contributed by atoms with Crippen molar-refractivity contribution in [3.8, 4) is 0 Å². The molecule has 94 valence electrons. The number of amides is 1. The van der Waals surface area contributed by atoms with Gasteiger partial charge in [-0.3, -0.25) is 4.79 Å². The Labute approximate surface area is 105 Å². The van der Waals surface area contributed by atoms with Gasteiger partial charge in [-0.2, -0.15) is 11.3 Å². The van der Waals surface area contributed by atoms with Gasteiger partial charge < -0.3 is 9.64 Å². The average Bonchev–Trinajstić information content (AvgIpc) is 2.67. The van der Waals surface area contributed by atoms with Crippen molar-refractivity contribution in [1.82, 2.24) is 4.90 Å². The second-order valence-corrected chi connectivity index (χ2v) is 5.55. The molecule has 0 saturated heterocycles. The summed E-state index contributed by atoms with van der Waals surface area (Å²) in [6.45, 7) is 5.41. The van der Waals surface area contributed by atoms with Crippen LogP contribution in [-0.2, 0) is 4.74 Å². The van der Waals surface area contributed by atoms with Gasteiger partial charge in [0.15, 0.2) is 5.78 Å². The van der Waals surface area contributed by atoms with Crippen LogP contribution in [-0.4, -0.2) is 36.0 Å². The van der Waals surface area contributed by atoms with E-state index in [0.29, 0.717) is 5.56 Å². The van der Waals surface area contributed by atoms with Crippen LogP contribution in [0.25, 0.3) is 0 Å². The van der Waals surface area contributed by atoms with E-state index in [1.165, 1.54) is 16.2 Å². The average molecular weight is 255 g/mol. The predicted octanol–water partition coefficient (Wildman–Crippen LogP) is 2.80. The molecule has 1 rings (SSSR count). The molecule has 0 aliphatic heterocycles. The zero-order valence-corrected chi connectivity index (χ0v) is 11.3. The molecule has 0 unspecified atom stereocenters. The summed E-state index contributed by atoms with van der Waals surface area (Å²) in [5.41, 5.74) is 0.0851. The van der Waals surface area contributed by atoms with Crippen molar-refractivity contribution in [3.63, 3.8) is 0 Å². The summed E-state index contributed by atoms with van der Waals surface area (Å²) in [4.78, 5) is 24.6. The Balaban J connectivity index is 2.52. The van der Waals surface area contributed by atoms with Gasteiger partial charge in [-0.15, -0.1) is 0 Å². The lowest BCUT2D eigenvalue weighted by molar-refractivity contribution is 0.0295. The van der Waals surface area contributed by atoms with Crippen LogP contribution in [0.3, 0.4) is 0 Å². The second-order valence-electron chi connectivity index (χ2n) is 4.77. The number of carbonyl (C=O) groups excluding carboxylic acids is 2. The molecule has 0 aromatic carbocycles. The van der Waals surface area contributed by atoms with E-state index in [2.05, 4.69) is 0 Å². The first-order valence-electron chi connectivity index (χ1n) is 5.29. The van der Waals surface area contributed by atoms with Crippen LogP contribution in [0.4, 0.5) is 4.79 Å². The summed E-state index contributed by atoms with van der Waals surface area (Å²) >= 11 is 1.46. The van der Waals surface area contributed by atoms with Crippen molar-refractivity contribution >= 4 is 23.2 Å². The highest BCUT2D eigenvalue weighted by Crippen LogP contribution is 2.11. The number of hydrogen-bond donors (Lipinski definition) is 0. The van der Waals surface area contributed by atoms with E-state index in [9.17, 15) is 9.59 Å². The maximum absolute atomic E-state index is 11.7. The SMILES string of the molecule is CN(CC(=O)c1ccsc1)C(=O)OC(C)(C)C. The fourth-order valence-corrected chi connectivity index (χ4v) is 1.79. The Morgan fingerprint density at radius 2 is 2.06 bits per heavy atom. The Kier molecular flexibility index (Phi) is 4.28. The second kappa shape index (κ2) is 5.31. The van der Waals surface area contributed by atoms with Crippen molar-refractivity contribution in [2.24, 2.45) is 0 Å². The van der Waals surface area contributed by atoms with E-state index < -0.39 is 11.7 Å². The molecule has 5 heteroatoms. The van der Waals surface area contributed by atoms with Crippen LogP contribution in [0.15, 0.2) is 16.8 Å². The first-order chi connectivity index (χ1) is 7.79. The van der Waals surface area contributed by atoms with Crippen molar-refractivity contribution in [2.75, 3.05) is 13.6 Å². The van der Waals surface area contributed by atoms with Crippen LogP contribution < -0.4 is 0 Å². The fourth-order valence-electron chi connectivity index (χ4n) is 1.13. The van der Waals surface area contributed by atoms with Gasteiger partial charge in [0.1, 0.15) is 5.60 Å². The quantitative estimate of drug-likeness (QED) is 0.780. The lowest BCUT2D eigenvalue weighted by atomic mass is 10.2. The third-order valence-electron chi connectivity index (χ3n) is 1.93. The predicted molar refractivity (Wildman–Crippen MR) is 67.5 cm³/mol. The molecule has 1 aromatic rings. The molecule has 1 amide bonds. The number of ketones is 1. The molecule has 0 aliphatic carbocycles. The molecule has 0 saturated carbocycles. The maximum atomic E-state index is 11.7. The van der Waals surface area contributed by atoms with Crippen LogP contribution in [0, 0.1) is 0 Å². The smallest absolute Gasteiger partial charge is 0.410 e. The molecule has 0 aliphatic rings. The van der Waals surface area contributed by atoms with Gasteiger partial charge >= 0.3 is 6.09 Å². The van der Waals surface area contributed by atoms with Crippen molar-refractivity contribution < 1.29 is 14.3 Å². The largest absolute Gasteiger partial charge is 0.444 e. The van der Waals surface area contributed by atoms with Crippen molar-refractivity contribution in [3.05, 3.63) is 22.4 Å². The molecule has 0 radical (unpaired) electrons. The van der Waals surface area contributed by atoms with Gasteiger partial charge in [0.05, 0.1) is 6.54 Å². The first kappa shape index (κ1) is 13.7. The van der Waals surface area contributed by atoms with Crippen molar-refractivity contribution in [2.45, 2.75) is 26.4 Å². The summed E-state index contributed by atoms with van der Waals surface area (Å²) < 4.78 is 5.16. The van der Waals surface area contributed by atoms with Gasteiger partial charge in [-0.1, -0.05) is 0 Å². The summed E-state index contributed by atoms with van der Waals surface area (Å²) in [6, 6.07) is 1.75. The zero-order valence-electron chi connectivity index (χ0n) is 10.5. The van der Waals surface area contributed by atoms with E-state index in [1.807, 2.05) is 5.38 Å². The molecular formula is C12H17NO3S. The first-order valence-corrected chi connectivity index (χ1v) is 6.23. The standard InChI is InChI=1S/C12H17NO3S/c1-12(2,3)16-11(15)13(4)7-10(14)9-5-6-17-8-9/h5-6,8H,7H2,1-4H3. The van der Waals surface area contributed by atoms with E-state index in [-0.39, 0.29) is 12.3 Å². The number of carbonyl (C=O) groups is 2. The Morgan fingerprint density at radius 3 is 2.53 bits per heavy atom.